The molecular weight excluding hydrogens is 408 g/mol. The van der Waals surface area contributed by atoms with Crippen LogP contribution in [0.2, 0.25) is 0 Å². The largest absolute Gasteiger partial charge is 0.445 e. The summed E-state index contributed by atoms with van der Waals surface area (Å²) in [5.41, 5.74) is 3.55. The molecule has 31 heavy (non-hydrogen) atoms. The maximum Gasteiger partial charge on any atom is 0.410 e. The van der Waals surface area contributed by atoms with Crippen LogP contribution >= 0.6 is 11.3 Å². The van der Waals surface area contributed by atoms with Crippen molar-refractivity contribution in [2.24, 2.45) is 0 Å². The number of thiophene rings is 1. The molecule has 5 rings (SSSR count). The highest BCUT2D eigenvalue weighted by atomic mass is 32.1. The minimum absolute atomic E-state index is 0.0382. The van der Waals surface area contributed by atoms with E-state index in [2.05, 4.69) is 23.2 Å². The number of fused-ring (bicyclic) bond motifs is 1. The number of benzene rings is 2. The van der Waals surface area contributed by atoms with Gasteiger partial charge in [-0.3, -0.25) is 9.69 Å². The van der Waals surface area contributed by atoms with Gasteiger partial charge in [-0.1, -0.05) is 42.5 Å². The predicted octanol–water partition coefficient (Wildman–Crippen LogP) is 5.88. The van der Waals surface area contributed by atoms with Crippen LogP contribution in [-0.2, 0) is 11.3 Å². The molecule has 0 aliphatic carbocycles. The molecule has 6 heteroatoms. The van der Waals surface area contributed by atoms with E-state index in [1.54, 1.807) is 22.4 Å². The highest BCUT2D eigenvalue weighted by Crippen LogP contribution is 2.31. The summed E-state index contributed by atoms with van der Waals surface area (Å²) in [6, 6.07) is 19.3. The molecule has 1 aliphatic rings. The summed E-state index contributed by atoms with van der Waals surface area (Å²) in [6.07, 6.45) is 2.77. The summed E-state index contributed by atoms with van der Waals surface area (Å²) < 4.78 is 5.49. The van der Waals surface area contributed by atoms with Crippen molar-refractivity contribution in [3.8, 4) is 10.4 Å². The third kappa shape index (κ3) is 3.86. The van der Waals surface area contributed by atoms with Crippen molar-refractivity contribution < 1.29 is 14.3 Å². The lowest BCUT2D eigenvalue weighted by Gasteiger charge is -2.23. The van der Waals surface area contributed by atoms with Gasteiger partial charge < -0.3 is 9.72 Å². The number of nitrogens with one attached hydrogen (secondary N) is 1. The SMILES string of the molecule is O=C(c1c[nH]c2ccc(-c3cccs3)cc12)[C@@H]1CCCN1C(=O)OCc1ccccc1. The Balaban J connectivity index is 1.37. The van der Waals surface area contributed by atoms with Gasteiger partial charge in [-0.05, 0) is 47.5 Å². The lowest BCUT2D eigenvalue weighted by atomic mass is 10.00. The first-order valence-electron chi connectivity index (χ1n) is 10.4. The van der Waals surface area contributed by atoms with Crippen LogP contribution in [-0.4, -0.2) is 34.3 Å². The third-order valence-electron chi connectivity index (χ3n) is 5.75. The molecule has 1 amide bonds. The summed E-state index contributed by atoms with van der Waals surface area (Å²) in [4.78, 5) is 32.1. The number of Topliss-reactive ketones (excluding diaryl/α,β-unsaturated/α-hetero) is 1. The van der Waals surface area contributed by atoms with Crippen molar-refractivity contribution >= 4 is 34.1 Å². The molecule has 1 aliphatic heterocycles. The summed E-state index contributed by atoms with van der Waals surface area (Å²) in [7, 11) is 0. The van der Waals surface area contributed by atoms with Crippen LogP contribution in [0.15, 0.2) is 72.2 Å². The average Bonchev–Trinajstić information content (AvgIpc) is 3.57. The second kappa shape index (κ2) is 8.40. The Hall–Kier alpha value is -3.38. The minimum atomic E-state index is -0.493. The average molecular weight is 431 g/mol. The topological polar surface area (TPSA) is 62.4 Å². The number of nitrogens with zero attached hydrogens (tertiary/aromatic N) is 1. The number of rotatable bonds is 5. The number of aromatic amines is 1. The van der Waals surface area contributed by atoms with Crippen molar-refractivity contribution in [3.05, 3.63) is 83.4 Å². The molecule has 4 aromatic rings. The summed E-state index contributed by atoms with van der Waals surface area (Å²) in [6.45, 7) is 0.737. The van der Waals surface area contributed by atoms with E-state index in [1.807, 2.05) is 47.8 Å². The molecule has 1 N–H and O–H groups in total. The summed E-state index contributed by atoms with van der Waals surface area (Å²) >= 11 is 1.67. The molecule has 156 valence electrons. The molecule has 0 spiro atoms. The zero-order chi connectivity index (χ0) is 21.2. The minimum Gasteiger partial charge on any atom is -0.445 e. The first kappa shape index (κ1) is 19.6. The smallest absolute Gasteiger partial charge is 0.410 e. The molecule has 2 aromatic carbocycles. The van der Waals surface area contributed by atoms with Crippen molar-refractivity contribution in [1.29, 1.82) is 0 Å². The van der Waals surface area contributed by atoms with Crippen LogP contribution in [0.4, 0.5) is 4.79 Å². The number of ether oxygens (including phenoxy) is 1. The molecule has 1 fully saturated rings. The number of carbonyl (C=O) groups excluding carboxylic acids is 2. The van der Waals surface area contributed by atoms with E-state index in [0.717, 1.165) is 33.3 Å². The van der Waals surface area contributed by atoms with E-state index in [-0.39, 0.29) is 12.4 Å². The fourth-order valence-corrected chi connectivity index (χ4v) is 4.88. The quantitative estimate of drug-likeness (QED) is 0.402. The van der Waals surface area contributed by atoms with Gasteiger partial charge in [0.25, 0.3) is 0 Å². The number of carbonyl (C=O) groups is 2. The Bertz CT molecular complexity index is 1210. The second-order valence-corrected chi connectivity index (χ2v) is 8.64. The summed E-state index contributed by atoms with van der Waals surface area (Å²) in [5, 5.41) is 2.93. The Labute approximate surface area is 184 Å². The molecule has 3 heterocycles. The number of hydrogen-bond acceptors (Lipinski definition) is 4. The van der Waals surface area contributed by atoms with E-state index in [4.69, 9.17) is 4.74 Å². The van der Waals surface area contributed by atoms with Gasteiger partial charge in [-0.15, -0.1) is 11.3 Å². The van der Waals surface area contributed by atoms with Gasteiger partial charge in [0.2, 0.25) is 0 Å². The van der Waals surface area contributed by atoms with Gasteiger partial charge in [0, 0.05) is 34.1 Å². The zero-order valence-corrected chi connectivity index (χ0v) is 17.7. The Morgan fingerprint density at radius 2 is 1.97 bits per heavy atom. The number of hydrogen-bond donors (Lipinski definition) is 1. The van der Waals surface area contributed by atoms with Crippen LogP contribution in [0.5, 0.6) is 0 Å². The van der Waals surface area contributed by atoms with Crippen molar-refractivity contribution in [3.63, 3.8) is 0 Å². The van der Waals surface area contributed by atoms with Crippen molar-refractivity contribution in [1.82, 2.24) is 9.88 Å². The Kier molecular flexibility index (Phi) is 5.30. The zero-order valence-electron chi connectivity index (χ0n) is 16.9. The maximum absolute atomic E-state index is 13.4. The van der Waals surface area contributed by atoms with E-state index >= 15 is 0 Å². The van der Waals surface area contributed by atoms with E-state index in [9.17, 15) is 9.59 Å². The fourth-order valence-electron chi connectivity index (χ4n) is 4.16. The summed E-state index contributed by atoms with van der Waals surface area (Å²) in [5.74, 6) is -0.0382. The van der Waals surface area contributed by atoms with Gasteiger partial charge in [0.15, 0.2) is 5.78 Å². The van der Waals surface area contributed by atoms with Crippen LogP contribution < -0.4 is 0 Å². The van der Waals surface area contributed by atoms with E-state index in [1.165, 1.54) is 0 Å². The van der Waals surface area contributed by atoms with Crippen molar-refractivity contribution in [2.75, 3.05) is 6.54 Å². The van der Waals surface area contributed by atoms with Crippen LogP contribution in [0.25, 0.3) is 21.3 Å². The highest BCUT2D eigenvalue weighted by Gasteiger charge is 2.36. The molecule has 1 atom stereocenters. The number of amides is 1. The van der Waals surface area contributed by atoms with Crippen LogP contribution in [0.1, 0.15) is 28.8 Å². The fraction of sp³-hybridized carbons (Fsp3) is 0.200. The first-order valence-corrected chi connectivity index (χ1v) is 11.3. The molecular formula is C25H22N2O3S. The van der Waals surface area contributed by atoms with Crippen LogP contribution in [0, 0.1) is 0 Å². The van der Waals surface area contributed by atoms with Crippen molar-refractivity contribution in [2.45, 2.75) is 25.5 Å². The maximum atomic E-state index is 13.4. The number of H-pyrrole nitrogens is 1. The third-order valence-corrected chi connectivity index (χ3v) is 6.67. The molecule has 5 nitrogen and oxygen atoms in total. The van der Waals surface area contributed by atoms with Gasteiger partial charge in [0.05, 0.1) is 6.04 Å². The standard InChI is InChI=1S/C25H22N2O3S/c28-24(20-15-26-21-11-10-18(14-19(20)21)23-9-5-13-31-23)22-8-4-12-27(22)25(29)30-16-17-6-2-1-3-7-17/h1-3,5-7,9-11,13-15,22,26H,4,8,12,16H2/t22-/m0/s1. The Morgan fingerprint density at radius 1 is 1.10 bits per heavy atom. The lowest BCUT2D eigenvalue weighted by Crippen LogP contribution is -2.40. The first-order chi connectivity index (χ1) is 15.2. The van der Waals surface area contributed by atoms with E-state index < -0.39 is 12.1 Å². The second-order valence-electron chi connectivity index (χ2n) is 7.70. The monoisotopic (exact) mass is 430 g/mol. The van der Waals surface area contributed by atoms with Gasteiger partial charge in [-0.2, -0.15) is 0 Å². The van der Waals surface area contributed by atoms with Gasteiger partial charge in [-0.25, -0.2) is 4.79 Å². The number of aromatic nitrogens is 1. The Morgan fingerprint density at radius 3 is 2.77 bits per heavy atom. The highest BCUT2D eigenvalue weighted by molar-refractivity contribution is 7.13. The predicted molar refractivity (Wildman–Crippen MR) is 122 cm³/mol. The molecule has 0 saturated carbocycles. The normalized spacial score (nSPS) is 16.0. The molecule has 0 bridgehead atoms. The number of likely N-dealkylation sites (tertiary alicyclic amines) is 1. The molecule has 1 saturated heterocycles. The molecule has 0 radical (unpaired) electrons. The van der Waals surface area contributed by atoms with Crippen LogP contribution in [0.3, 0.4) is 0 Å². The lowest BCUT2D eigenvalue weighted by molar-refractivity contribution is 0.0739. The van der Waals surface area contributed by atoms with Gasteiger partial charge in [0.1, 0.15) is 6.61 Å². The van der Waals surface area contributed by atoms with Gasteiger partial charge >= 0.3 is 6.09 Å². The molecule has 0 unspecified atom stereocenters. The number of ketones is 1. The molecule has 2 aromatic heterocycles. The van der Waals surface area contributed by atoms with E-state index in [0.29, 0.717) is 18.5 Å².